The predicted molar refractivity (Wildman–Crippen MR) is 61.8 cm³/mol. The van der Waals surface area contributed by atoms with Crippen LogP contribution in [-0.2, 0) is 0 Å². The van der Waals surface area contributed by atoms with Crippen molar-refractivity contribution in [3.8, 4) is 0 Å². The highest BCUT2D eigenvalue weighted by molar-refractivity contribution is 5.19. The van der Waals surface area contributed by atoms with Gasteiger partial charge in [-0.25, -0.2) is 0 Å². The van der Waals surface area contributed by atoms with Crippen LogP contribution in [0, 0.1) is 0 Å². The molecule has 1 aromatic rings. The van der Waals surface area contributed by atoms with Gasteiger partial charge in [-0.15, -0.1) is 0 Å². The number of nitrogens with zero attached hydrogens (tertiary/aromatic N) is 2. The average Bonchev–Trinajstić information content (AvgIpc) is 2.45. The Morgan fingerprint density at radius 3 is 2.40 bits per heavy atom. The van der Waals surface area contributed by atoms with Crippen LogP contribution in [0.3, 0.4) is 0 Å². The first-order chi connectivity index (χ1) is 7.09. The number of hydrogen-bond donors (Lipinski definition) is 1. The summed E-state index contributed by atoms with van der Waals surface area (Å²) in [6.07, 6.45) is 3.95. The fourth-order valence-corrected chi connectivity index (χ4v) is 2.09. The summed E-state index contributed by atoms with van der Waals surface area (Å²) in [5.41, 5.74) is 8.39. The normalized spacial score (nSPS) is 19.3. The number of aromatic nitrogens is 2. The van der Waals surface area contributed by atoms with Gasteiger partial charge in [-0.05, 0) is 39.7 Å². The molecule has 0 aliphatic heterocycles. The van der Waals surface area contributed by atoms with Crippen LogP contribution >= 0.6 is 0 Å². The number of hydrogen-bond acceptors (Lipinski definition) is 2. The highest BCUT2D eigenvalue weighted by atomic mass is 15.3. The molecule has 0 bridgehead atoms. The van der Waals surface area contributed by atoms with Crippen molar-refractivity contribution in [1.29, 1.82) is 0 Å². The second kappa shape index (κ2) is 3.97. The number of rotatable bonds is 3. The van der Waals surface area contributed by atoms with Crippen molar-refractivity contribution in [3.63, 3.8) is 0 Å². The number of nitrogens with two attached hydrogens (primary N) is 1. The van der Waals surface area contributed by atoms with Crippen molar-refractivity contribution >= 4 is 0 Å². The van der Waals surface area contributed by atoms with Crippen molar-refractivity contribution in [1.82, 2.24) is 9.78 Å². The summed E-state index contributed by atoms with van der Waals surface area (Å²) in [6, 6.07) is 2.68. The monoisotopic (exact) mass is 207 g/mol. The molecule has 1 saturated carbocycles. The summed E-state index contributed by atoms with van der Waals surface area (Å²) < 4.78 is 2.08. The first kappa shape index (κ1) is 10.7. The lowest BCUT2D eigenvalue weighted by molar-refractivity contribution is 0.400. The van der Waals surface area contributed by atoms with Crippen LogP contribution in [0.1, 0.15) is 69.4 Å². The predicted octanol–water partition coefficient (Wildman–Crippen LogP) is 2.75. The Morgan fingerprint density at radius 1 is 1.40 bits per heavy atom. The molecule has 0 saturated heterocycles. The second-order valence-corrected chi connectivity index (χ2v) is 4.95. The molecule has 1 fully saturated rings. The van der Waals surface area contributed by atoms with Gasteiger partial charge in [0.25, 0.3) is 0 Å². The van der Waals surface area contributed by atoms with E-state index in [-0.39, 0.29) is 6.04 Å². The maximum atomic E-state index is 5.96. The van der Waals surface area contributed by atoms with E-state index in [4.69, 9.17) is 5.73 Å². The van der Waals surface area contributed by atoms with Crippen LogP contribution in [0.5, 0.6) is 0 Å². The SMILES string of the molecule is CC(N)c1cc(C2CCC2)nn1C(C)C. The molecular weight excluding hydrogens is 186 g/mol. The Balaban J connectivity index is 2.30. The second-order valence-electron chi connectivity index (χ2n) is 4.95. The Kier molecular flexibility index (Phi) is 2.83. The third-order valence-electron chi connectivity index (χ3n) is 3.26. The van der Waals surface area contributed by atoms with E-state index >= 15 is 0 Å². The smallest absolute Gasteiger partial charge is 0.0659 e. The van der Waals surface area contributed by atoms with Gasteiger partial charge in [-0.2, -0.15) is 5.10 Å². The summed E-state index contributed by atoms with van der Waals surface area (Å²) in [7, 11) is 0. The maximum absolute atomic E-state index is 5.96. The summed E-state index contributed by atoms with van der Waals surface area (Å²) in [4.78, 5) is 0. The van der Waals surface area contributed by atoms with Crippen molar-refractivity contribution in [2.24, 2.45) is 5.73 Å². The maximum Gasteiger partial charge on any atom is 0.0659 e. The summed E-state index contributed by atoms with van der Waals surface area (Å²) in [6.45, 7) is 6.34. The van der Waals surface area contributed by atoms with Gasteiger partial charge >= 0.3 is 0 Å². The molecule has 1 unspecified atom stereocenters. The zero-order valence-electron chi connectivity index (χ0n) is 9.90. The molecule has 0 radical (unpaired) electrons. The zero-order chi connectivity index (χ0) is 11.0. The fraction of sp³-hybridized carbons (Fsp3) is 0.750. The average molecular weight is 207 g/mol. The summed E-state index contributed by atoms with van der Waals surface area (Å²) >= 11 is 0. The van der Waals surface area contributed by atoms with Gasteiger partial charge in [0.05, 0.1) is 11.4 Å². The quantitative estimate of drug-likeness (QED) is 0.828. The summed E-state index contributed by atoms with van der Waals surface area (Å²) in [5.74, 6) is 0.697. The van der Waals surface area contributed by atoms with Crippen molar-refractivity contribution in [2.45, 2.75) is 58.0 Å². The Hall–Kier alpha value is -0.830. The first-order valence-corrected chi connectivity index (χ1v) is 5.94. The minimum Gasteiger partial charge on any atom is -0.323 e. The van der Waals surface area contributed by atoms with E-state index in [1.165, 1.54) is 30.7 Å². The van der Waals surface area contributed by atoms with E-state index in [1.54, 1.807) is 0 Å². The Labute approximate surface area is 91.7 Å². The van der Waals surface area contributed by atoms with Crippen LogP contribution in [0.15, 0.2) is 6.07 Å². The minimum absolute atomic E-state index is 0.0775. The van der Waals surface area contributed by atoms with Gasteiger partial charge in [-0.1, -0.05) is 6.42 Å². The van der Waals surface area contributed by atoms with E-state index in [0.29, 0.717) is 12.0 Å². The first-order valence-electron chi connectivity index (χ1n) is 5.94. The van der Waals surface area contributed by atoms with E-state index < -0.39 is 0 Å². The standard InChI is InChI=1S/C12H21N3/c1-8(2)15-12(9(3)13)7-11(14-15)10-5-4-6-10/h7-10H,4-6,13H2,1-3H3. The molecule has 3 heteroatoms. The molecule has 1 aliphatic carbocycles. The van der Waals surface area contributed by atoms with Crippen LogP contribution < -0.4 is 5.73 Å². The molecule has 1 atom stereocenters. The van der Waals surface area contributed by atoms with Crippen molar-refractivity contribution in [3.05, 3.63) is 17.5 Å². The van der Waals surface area contributed by atoms with E-state index in [1.807, 2.05) is 6.92 Å². The lowest BCUT2D eigenvalue weighted by atomic mass is 9.83. The molecule has 2 N–H and O–H groups in total. The molecule has 0 spiro atoms. The highest BCUT2D eigenvalue weighted by Gasteiger charge is 2.24. The minimum atomic E-state index is 0.0775. The van der Waals surface area contributed by atoms with E-state index in [0.717, 1.165) is 0 Å². The fourth-order valence-electron chi connectivity index (χ4n) is 2.09. The zero-order valence-corrected chi connectivity index (χ0v) is 9.90. The third-order valence-corrected chi connectivity index (χ3v) is 3.26. The molecule has 2 rings (SSSR count). The van der Waals surface area contributed by atoms with Crippen molar-refractivity contribution in [2.75, 3.05) is 0 Å². The lowest BCUT2D eigenvalue weighted by Gasteiger charge is -2.23. The van der Waals surface area contributed by atoms with Gasteiger partial charge < -0.3 is 5.73 Å². The molecule has 1 aromatic heterocycles. The van der Waals surface area contributed by atoms with Gasteiger partial charge in [0.1, 0.15) is 0 Å². The lowest BCUT2D eigenvalue weighted by Crippen LogP contribution is -2.15. The molecule has 3 nitrogen and oxygen atoms in total. The van der Waals surface area contributed by atoms with Crippen LogP contribution in [0.2, 0.25) is 0 Å². The van der Waals surface area contributed by atoms with Crippen LogP contribution in [-0.4, -0.2) is 9.78 Å². The van der Waals surface area contributed by atoms with E-state index in [9.17, 15) is 0 Å². The molecule has 15 heavy (non-hydrogen) atoms. The topological polar surface area (TPSA) is 43.8 Å². The Morgan fingerprint density at radius 2 is 2.07 bits per heavy atom. The van der Waals surface area contributed by atoms with Gasteiger partial charge in [0.2, 0.25) is 0 Å². The Bertz CT molecular complexity index is 309. The molecule has 84 valence electrons. The van der Waals surface area contributed by atoms with Crippen LogP contribution in [0.4, 0.5) is 0 Å². The van der Waals surface area contributed by atoms with Gasteiger partial charge in [0, 0.05) is 18.0 Å². The molecular formula is C12H21N3. The van der Waals surface area contributed by atoms with Crippen LogP contribution in [0.25, 0.3) is 0 Å². The molecule has 0 aromatic carbocycles. The highest BCUT2D eigenvalue weighted by Crippen LogP contribution is 2.36. The molecule has 1 aliphatic rings. The van der Waals surface area contributed by atoms with Gasteiger partial charge in [0.15, 0.2) is 0 Å². The van der Waals surface area contributed by atoms with E-state index in [2.05, 4.69) is 29.7 Å². The third kappa shape index (κ3) is 1.93. The van der Waals surface area contributed by atoms with Crippen molar-refractivity contribution < 1.29 is 0 Å². The molecule has 1 heterocycles. The summed E-state index contributed by atoms with van der Waals surface area (Å²) in [5, 5.41) is 4.69. The molecule has 0 amide bonds. The largest absolute Gasteiger partial charge is 0.323 e. The van der Waals surface area contributed by atoms with Gasteiger partial charge in [-0.3, -0.25) is 4.68 Å².